The molecule has 174 valence electrons. The predicted octanol–water partition coefficient (Wildman–Crippen LogP) is 10.2. The second kappa shape index (κ2) is 7.73. The zero-order valence-corrected chi connectivity index (χ0v) is 20.5. The lowest BCUT2D eigenvalue weighted by atomic mass is 9.92. The fourth-order valence-corrected chi connectivity index (χ4v) is 6.16. The minimum absolute atomic E-state index is 0.632. The second-order valence-electron chi connectivity index (χ2n) is 9.45. The van der Waals surface area contributed by atoms with E-state index in [2.05, 4.69) is 114 Å². The number of furan rings is 1. The van der Waals surface area contributed by atoms with Crippen LogP contribution in [0.3, 0.4) is 0 Å². The molecular formula is C34H20ClNO. The van der Waals surface area contributed by atoms with Gasteiger partial charge in [0.05, 0.1) is 16.1 Å². The van der Waals surface area contributed by atoms with Crippen molar-refractivity contribution in [3.05, 3.63) is 126 Å². The molecule has 0 radical (unpaired) electrons. The molecule has 0 fully saturated rings. The van der Waals surface area contributed by atoms with Gasteiger partial charge in [-0.3, -0.25) is 0 Å². The van der Waals surface area contributed by atoms with Gasteiger partial charge < -0.3 is 8.98 Å². The largest absolute Gasteiger partial charge is 0.454 e. The number of halogens is 1. The molecular weight excluding hydrogens is 474 g/mol. The van der Waals surface area contributed by atoms with Crippen molar-refractivity contribution in [1.82, 2.24) is 4.57 Å². The average Bonchev–Trinajstić information content (AvgIpc) is 3.50. The topological polar surface area (TPSA) is 18.1 Å². The van der Waals surface area contributed by atoms with Gasteiger partial charge in [-0.25, -0.2) is 0 Å². The molecule has 0 saturated carbocycles. The molecule has 0 bridgehead atoms. The van der Waals surface area contributed by atoms with Gasteiger partial charge >= 0.3 is 0 Å². The molecule has 2 heterocycles. The van der Waals surface area contributed by atoms with Gasteiger partial charge in [0.15, 0.2) is 5.58 Å². The lowest BCUT2D eigenvalue weighted by Gasteiger charge is -2.11. The first-order valence-electron chi connectivity index (χ1n) is 12.4. The molecule has 3 heteroatoms. The standard InChI is InChI=1S/C34H20ClNO/c35-28-17-8-16-26-33-23-13-5-4-12-22(23)27(20-31(33)37-34(26)28)24-15-9-19-30-32(24)25-14-6-7-18-29(25)36(30)21-10-2-1-3-11-21/h1-20H. The van der Waals surface area contributed by atoms with Crippen LogP contribution in [0.1, 0.15) is 0 Å². The number of benzene rings is 6. The van der Waals surface area contributed by atoms with E-state index < -0.39 is 0 Å². The van der Waals surface area contributed by atoms with E-state index in [1.165, 1.54) is 38.1 Å². The number of aromatic nitrogens is 1. The number of fused-ring (bicyclic) bond motifs is 8. The summed E-state index contributed by atoms with van der Waals surface area (Å²) in [6.45, 7) is 0. The summed E-state index contributed by atoms with van der Waals surface area (Å²) in [5.41, 5.74) is 7.45. The van der Waals surface area contributed by atoms with Crippen molar-refractivity contribution in [3.63, 3.8) is 0 Å². The lowest BCUT2D eigenvalue weighted by Crippen LogP contribution is -1.93. The number of nitrogens with zero attached hydrogens (tertiary/aromatic N) is 1. The van der Waals surface area contributed by atoms with E-state index in [4.69, 9.17) is 16.0 Å². The van der Waals surface area contributed by atoms with Crippen LogP contribution in [0, 0.1) is 0 Å². The highest BCUT2D eigenvalue weighted by atomic mass is 35.5. The Hall–Kier alpha value is -4.53. The number of hydrogen-bond acceptors (Lipinski definition) is 1. The molecule has 0 N–H and O–H groups in total. The first-order valence-corrected chi connectivity index (χ1v) is 12.8. The third-order valence-corrected chi connectivity index (χ3v) is 7.76. The molecule has 0 aliphatic heterocycles. The normalized spacial score (nSPS) is 11.9. The Morgan fingerprint density at radius 1 is 0.514 bits per heavy atom. The number of hydrogen-bond donors (Lipinski definition) is 0. The van der Waals surface area contributed by atoms with Crippen molar-refractivity contribution in [2.24, 2.45) is 0 Å². The predicted molar refractivity (Wildman–Crippen MR) is 156 cm³/mol. The summed E-state index contributed by atoms with van der Waals surface area (Å²) < 4.78 is 8.75. The summed E-state index contributed by atoms with van der Waals surface area (Å²) in [6, 6.07) is 42.6. The highest BCUT2D eigenvalue weighted by Gasteiger charge is 2.20. The van der Waals surface area contributed by atoms with Crippen LogP contribution in [0.5, 0.6) is 0 Å². The van der Waals surface area contributed by atoms with Crippen LogP contribution >= 0.6 is 11.6 Å². The van der Waals surface area contributed by atoms with Gasteiger partial charge in [0.1, 0.15) is 5.58 Å². The van der Waals surface area contributed by atoms with Gasteiger partial charge in [0.2, 0.25) is 0 Å². The van der Waals surface area contributed by atoms with Gasteiger partial charge in [-0.15, -0.1) is 0 Å². The van der Waals surface area contributed by atoms with Crippen molar-refractivity contribution in [1.29, 1.82) is 0 Å². The van der Waals surface area contributed by atoms with E-state index in [1.54, 1.807) is 0 Å². The van der Waals surface area contributed by atoms with Crippen LogP contribution in [-0.4, -0.2) is 4.57 Å². The maximum Gasteiger partial charge on any atom is 0.154 e. The molecule has 0 amide bonds. The van der Waals surface area contributed by atoms with Crippen molar-refractivity contribution in [2.45, 2.75) is 0 Å². The van der Waals surface area contributed by atoms with Crippen LogP contribution in [0.15, 0.2) is 126 Å². The Morgan fingerprint density at radius 2 is 1.19 bits per heavy atom. The van der Waals surface area contributed by atoms with E-state index in [9.17, 15) is 0 Å². The minimum Gasteiger partial charge on any atom is -0.454 e. The van der Waals surface area contributed by atoms with Crippen molar-refractivity contribution < 1.29 is 4.42 Å². The Balaban J connectivity index is 1.55. The molecule has 2 aromatic heterocycles. The van der Waals surface area contributed by atoms with Gasteiger partial charge in [0.25, 0.3) is 0 Å². The first kappa shape index (κ1) is 20.6. The van der Waals surface area contributed by atoms with E-state index in [-0.39, 0.29) is 0 Å². The van der Waals surface area contributed by atoms with Gasteiger partial charge in [-0.2, -0.15) is 0 Å². The van der Waals surface area contributed by atoms with Crippen LogP contribution in [0.25, 0.3) is 71.3 Å². The van der Waals surface area contributed by atoms with Gasteiger partial charge in [-0.1, -0.05) is 96.5 Å². The second-order valence-corrected chi connectivity index (χ2v) is 9.86. The van der Waals surface area contributed by atoms with E-state index in [1.807, 2.05) is 12.1 Å². The molecule has 0 saturated heterocycles. The van der Waals surface area contributed by atoms with Crippen LogP contribution in [-0.2, 0) is 0 Å². The Labute approximate surface area is 217 Å². The molecule has 0 aliphatic rings. The summed E-state index contributed by atoms with van der Waals surface area (Å²) in [6.07, 6.45) is 0. The Bertz CT molecular complexity index is 2150. The number of rotatable bonds is 2. The van der Waals surface area contributed by atoms with Gasteiger partial charge in [0, 0.05) is 27.2 Å². The maximum atomic E-state index is 6.54. The fraction of sp³-hybridized carbons (Fsp3) is 0. The molecule has 37 heavy (non-hydrogen) atoms. The molecule has 0 spiro atoms. The van der Waals surface area contributed by atoms with Crippen molar-refractivity contribution in [3.8, 4) is 16.8 Å². The zero-order chi connectivity index (χ0) is 24.5. The van der Waals surface area contributed by atoms with Crippen LogP contribution < -0.4 is 0 Å². The molecule has 0 aliphatic carbocycles. The van der Waals surface area contributed by atoms with Crippen molar-refractivity contribution >= 4 is 66.1 Å². The molecule has 0 atom stereocenters. The molecule has 8 aromatic rings. The van der Waals surface area contributed by atoms with E-state index >= 15 is 0 Å². The summed E-state index contributed by atoms with van der Waals surface area (Å²) in [5, 5.41) is 7.61. The summed E-state index contributed by atoms with van der Waals surface area (Å²) in [5.74, 6) is 0. The quantitative estimate of drug-likeness (QED) is 0.234. The smallest absolute Gasteiger partial charge is 0.154 e. The Morgan fingerprint density at radius 3 is 2.05 bits per heavy atom. The minimum atomic E-state index is 0.632. The van der Waals surface area contributed by atoms with Gasteiger partial charge in [-0.05, 0) is 58.3 Å². The zero-order valence-electron chi connectivity index (χ0n) is 19.8. The Kier molecular flexibility index (Phi) is 4.31. The average molecular weight is 494 g/mol. The van der Waals surface area contributed by atoms with E-state index in [0.717, 1.165) is 33.2 Å². The monoisotopic (exact) mass is 493 g/mol. The molecule has 8 rings (SSSR count). The highest BCUT2D eigenvalue weighted by molar-refractivity contribution is 6.37. The number of para-hydroxylation sites is 3. The van der Waals surface area contributed by atoms with Crippen LogP contribution in [0.4, 0.5) is 0 Å². The molecule has 6 aromatic carbocycles. The summed E-state index contributed by atoms with van der Waals surface area (Å²) in [4.78, 5) is 0. The van der Waals surface area contributed by atoms with E-state index in [0.29, 0.717) is 5.02 Å². The highest BCUT2D eigenvalue weighted by Crippen LogP contribution is 2.45. The maximum absolute atomic E-state index is 6.54. The summed E-state index contributed by atoms with van der Waals surface area (Å²) >= 11 is 6.54. The molecule has 0 unspecified atom stereocenters. The SMILES string of the molecule is Clc1cccc2c1oc1cc(-c3cccc4c3c3ccccc3n4-c3ccccc3)c3ccccc3c12. The lowest BCUT2D eigenvalue weighted by molar-refractivity contribution is 0.669. The molecule has 2 nitrogen and oxygen atoms in total. The van der Waals surface area contributed by atoms with Crippen LogP contribution in [0.2, 0.25) is 5.02 Å². The fourth-order valence-electron chi connectivity index (χ4n) is 5.95. The first-order chi connectivity index (χ1) is 18.3. The third-order valence-electron chi connectivity index (χ3n) is 7.46. The summed E-state index contributed by atoms with van der Waals surface area (Å²) in [7, 11) is 0. The third kappa shape index (κ3) is 2.88. The van der Waals surface area contributed by atoms with Crippen molar-refractivity contribution in [2.75, 3.05) is 0 Å².